The van der Waals surface area contributed by atoms with Gasteiger partial charge in [0.25, 0.3) is 0 Å². The molecule has 1 unspecified atom stereocenters. The smallest absolute Gasteiger partial charge is 0.234 e. The van der Waals surface area contributed by atoms with Crippen molar-refractivity contribution in [1.29, 1.82) is 0 Å². The van der Waals surface area contributed by atoms with Crippen molar-refractivity contribution >= 4 is 11.9 Å². The van der Waals surface area contributed by atoms with Crippen molar-refractivity contribution in [3.63, 3.8) is 0 Å². The molecule has 1 aliphatic carbocycles. The van der Waals surface area contributed by atoms with Gasteiger partial charge in [-0.2, -0.15) is 5.10 Å². The molecule has 2 N–H and O–H groups in total. The number of carboxylic acids is 1. The molecular formula is C18H20N5O4-. The highest BCUT2D eigenvalue weighted by molar-refractivity contribution is 5.89. The van der Waals surface area contributed by atoms with E-state index in [0.717, 1.165) is 11.1 Å². The number of aryl methyl sites for hydroxylation is 1. The normalized spacial score (nSPS) is 17.7. The summed E-state index contributed by atoms with van der Waals surface area (Å²) in [4.78, 5) is 29.2. The molecule has 0 saturated carbocycles. The number of β-amino-alcohol motifs (C(OH)–C–C–N with tert-alkyl or cyclic N) is 1. The van der Waals surface area contributed by atoms with Gasteiger partial charge in [0.1, 0.15) is 0 Å². The second-order valence-electron chi connectivity index (χ2n) is 6.92. The molecule has 3 heterocycles. The van der Waals surface area contributed by atoms with Crippen LogP contribution in [0.4, 0.5) is 0 Å². The van der Waals surface area contributed by atoms with Gasteiger partial charge in [-0.15, -0.1) is 0 Å². The van der Waals surface area contributed by atoms with E-state index in [1.54, 1.807) is 12.4 Å². The van der Waals surface area contributed by atoms with Gasteiger partial charge >= 0.3 is 0 Å². The number of amides is 1. The summed E-state index contributed by atoms with van der Waals surface area (Å²) in [6, 6.07) is 1.83. The Balaban J connectivity index is 1.59. The zero-order valence-electron chi connectivity index (χ0n) is 14.7. The summed E-state index contributed by atoms with van der Waals surface area (Å²) in [5, 5.41) is 29.4. The first-order chi connectivity index (χ1) is 13.0. The lowest BCUT2D eigenvalue weighted by Gasteiger charge is -2.28. The molecule has 27 heavy (non-hydrogen) atoms. The molecule has 2 aromatic rings. The van der Waals surface area contributed by atoms with Crippen LogP contribution in [0.3, 0.4) is 0 Å². The van der Waals surface area contributed by atoms with E-state index in [2.05, 4.69) is 15.4 Å². The first-order valence-electron chi connectivity index (χ1n) is 8.94. The average molecular weight is 370 g/mol. The van der Waals surface area contributed by atoms with E-state index in [4.69, 9.17) is 0 Å². The predicted molar refractivity (Wildman–Crippen MR) is 92.7 cm³/mol. The number of carboxylic acid groups (broad SMARTS) is 1. The number of hydrogen-bond acceptors (Lipinski definition) is 7. The number of carbonyl (C=O) groups excluding carboxylic acids is 2. The molecular weight excluding hydrogens is 350 g/mol. The van der Waals surface area contributed by atoms with Crippen LogP contribution in [0, 0.1) is 0 Å². The number of hydrogen-bond donors (Lipinski definition) is 2. The number of aliphatic hydroxyl groups excluding tert-OH is 1. The van der Waals surface area contributed by atoms with E-state index in [1.165, 1.54) is 4.68 Å². The van der Waals surface area contributed by atoms with E-state index >= 15 is 0 Å². The van der Waals surface area contributed by atoms with Crippen LogP contribution in [0.15, 0.2) is 18.5 Å². The van der Waals surface area contributed by atoms with Crippen LogP contribution in [0.2, 0.25) is 0 Å². The van der Waals surface area contributed by atoms with Crippen molar-refractivity contribution in [2.75, 3.05) is 26.2 Å². The van der Waals surface area contributed by atoms with Crippen molar-refractivity contribution in [1.82, 2.24) is 25.0 Å². The molecule has 9 nitrogen and oxygen atoms in total. The third-order valence-electron chi connectivity index (χ3n) is 5.02. The SMILES string of the molecule is O=C1CN(CC(O)Cn2nc3c(c2C(=O)[O-])CCc2cnccc2-3)CCN1. The fraction of sp³-hybridized carbons (Fsp3) is 0.444. The topological polar surface area (TPSA) is 123 Å². The molecule has 9 heteroatoms. The number of piperazine rings is 1. The van der Waals surface area contributed by atoms with Gasteiger partial charge in [0.05, 0.1) is 36.6 Å². The van der Waals surface area contributed by atoms with Gasteiger partial charge < -0.3 is 20.3 Å². The van der Waals surface area contributed by atoms with E-state index < -0.39 is 12.1 Å². The van der Waals surface area contributed by atoms with Crippen LogP contribution in [-0.2, 0) is 24.2 Å². The maximum atomic E-state index is 11.8. The zero-order valence-corrected chi connectivity index (χ0v) is 14.7. The van der Waals surface area contributed by atoms with Gasteiger partial charge in [0, 0.05) is 43.2 Å². The molecule has 0 radical (unpaired) electrons. The maximum Gasteiger partial charge on any atom is 0.234 e. The lowest BCUT2D eigenvalue weighted by molar-refractivity contribution is -0.256. The Kier molecular flexibility index (Phi) is 4.63. The predicted octanol–water partition coefficient (Wildman–Crippen LogP) is -1.80. The van der Waals surface area contributed by atoms with Crippen LogP contribution in [0.5, 0.6) is 0 Å². The molecule has 4 rings (SSSR count). The summed E-state index contributed by atoms with van der Waals surface area (Å²) in [7, 11) is 0. The molecule has 1 aliphatic heterocycles. The van der Waals surface area contributed by atoms with Crippen LogP contribution >= 0.6 is 0 Å². The minimum Gasteiger partial charge on any atom is -0.543 e. The molecule has 1 fully saturated rings. The van der Waals surface area contributed by atoms with Gasteiger partial charge in [0.15, 0.2) is 0 Å². The summed E-state index contributed by atoms with van der Waals surface area (Å²) in [5.41, 5.74) is 3.16. The molecule has 0 bridgehead atoms. The Morgan fingerprint density at radius 1 is 1.37 bits per heavy atom. The third kappa shape index (κ3) is 3.43. The average Bonchev–Trinajstić information content (AvgIpc) is 3.00. The van der Waals surface area contributed by atoms with E-state index in [-0.39, 0.29) is 31.2 Å². The van der Waals surface area contributed by atoms with Crippen molar-refractivity contribution in [2.45, 2.75) is 25.5 Å². The lowest BCUT2D eigenvalue weighted by atomic mass is 9.90. The molecule has 2 aromatic heterocycles. The molecule has 0 spiro atoms. The monoisotopic (exact) mass is 370 g/mol. The summed E-state index contributed by atoms with van der Waals surface area (Å²) in [6.45, 7) is 1.70. The van der Waals surface area contributed by atoms with Crippen molar-refractivity contribution in [2.24, 2.45) is 0 Å². The largest absolute Gasteiger partial charge is 0.543 e. The number of nitrogens with zero attached hydrogens (tertiary/aromatic N) is 4. The summed E-state index contributed by atoms with van der Waals surface area (Å²) < 4.78 is 1.32. The van der Waals surface area contributed by atoms with Crippen LogP contribution < -0.4 is 10.4 Å². The number of pyridine rings is 1. The number of rotatable bonds is 5. The van der Waals surface area contributed by atoms with Crippen LogP contribution in [-0.4, -0.2) is 68.9 Å². The molecule has 1 atom stereocenters. The van der Waals surface area contributed by atoms with E-state index in [9.17, 15) is 19.8 Å². The number of nitrogens with one attached hydrogen (secondary N) is 1. The van der Waals surface area contributed by atoms with Gasteiger partial charge in [-0.25, -0.2) is 0 Å². The first-order valence-corrected chi connectivity index (χ1v) is 8.94. The van der Waals surface area contributed by atoms with E-state index in [1.807, 2.05) is 11.0 Å². The number of aromatic carboxylic acids is 1. The van der Waals surface area contributed by atoms with Crippen molar-refractivity contribution < 1.29 is 19.8 Å². The molecule has 142 valence electrons. The highest BCUT2D eigenvalue weighted by atomic mass is 16.4. The van der Waals surface area contributed by atoms with Gasteiger partial charge in [-0.3, -0.25) is 19.4 Å². The Hall–Kier alpha value is -2.78. The number of fused-ring (bicyclic) bond motifs is 3. The summed E-state index contributed by atoms with van der Waals surface area (Å²) in [6.07, 6.45) is 3.80. The van der Waals surface area contributed by atoms with Crippen molar-refractivity contribution in [3.05, 3.63) is 35.3 Å². The fourth-order valence-electron chi connectivity index (χ4n) is 3.83. The Labute approximate surface area is 155 Å². The number of aliphatic hydroxyl groups is 1. The summed E-state index contributed by atoms with van der Waals surface area (Å²) in [5.74, 6) is -1.38. The number of carbonyl (C=O) groups is 2. The highest BCUT2D eigenvalue weighted by Crippen LogP contribution is 2.33. The number of aromatic nitrogens is 3. The standard InChI is InChI=1S/C18H21N5O4/c24-12(8-22-6-5-20-15(25)10-22)9-23-17(18(26)27)14-2-1-11-7-19-4-3-13(11)16(14)21-23/h3-4,7,12,24H,1-2,5-6,8-10H2,(H,20,25)(H,26,27)/p-1. The molecule has 2 aliphatic rings. The summed E-state index contributed by atoms with van der Waals surface area (Å²) >= 11 is 0. The Morgan fingerprint density at radius 2 is 2.22 bits per heavy atom. The minimum absolute atomic E-state index is 0.0166. The zero-order chi connectivity index (χ0) is 19.0. The molecule has 1 amide bonds. The first kappa shape index (κ1) is 17.6. The van der Waals surface area contributed by atoms with Crippen molar-refractivity contribution in [3.8, 4) is 11.3 Å². The fourth-order valence-corrected chi connectivity index (χ4v) is 3.83. The quantitative estimate of drug-likeness (QED) is 0.636. The molecule has 1 saturated heterocycles. The van der Waals surface area contributed by atoms with Crippen LogP contribution in [0.25, 0.3) is 11.3 Å². The Morgan fingerprint density at radius 3 is 3.00 bits per heavy atom. The third-order valence-corrected chi connectivity index (χ3v) is 5.02. The lowest BCUT2D eigenvalue weighted by Crippen LogP contribution is -2.50. The van der Waals surface area contributed by atoms with Gasteiger partial charge in [-0.05, 0) is 24.5 Å². The van der Waals surface area contributed by atoms with Gasteiger partial charge in [0.2, 0.25) is 5.91 Å². The van der Waals surface area contributed by atoms with Crippen LogP contribution in [0.1, 0.15) is 21.6 Å². The second-order valence-corrected chi connectivity index (χ2v) is 6.92. The van der Waals surface area contributed by atoms with E-state index in [0.29, 0.717) is 37.2 Å². The maximum absolute atomic E-state index is 11.8. The second kappa shape index (κ2) is 7.09. The highest BCUT2D eigenvalue weighted by Gasteiger charge is 2.27. The minimum atomic E-state index is -1.30. The van der Waals surface area contributed by atoms with Gasteiger partial charge in [-0.1, -0.05) is 0 Å². The molecule has 0 aromatic carbocycles. The Bertz CT molecular complexity index is 894.